The molecule has 0 bridgehead atoms. The predicted molar refractivity (Wildman–Crippen MR) is 48.9 cm³/mol. The van der Waals surface area contributed by atoms with Crippen LogP contribution in [0.5, 0.6) is 0 Å². The molecule has 5 heteroatoms. The van der Waals surface area contributed by atoms with Crippen molar-refractivity contribution in [2.45, 2.75) is 12.6 Å². The Morgan fingerprint density at radius 3 is 2.29 bits per heavy atom. The van der Waals surface area contributed by atoms with Crippen molar-refractivity contribution < 1.29 is 17.6 Å². The van der Waals surface area contributed by atoms with Crippen molar-refractivity contribution in [1.29, 1.82) is 0 Å². The van der Waals surface area contributed by atoms with Crippen LogP contribution in [0.15, 0.2) is 18.2 Å². The molecule has 0 fully saturated rings. The fourth-order valence-electron chi connectivity index (χ4n) is 1.05. The highest BCUT2D eigenvalue weighted by atomic mass is 79.9. The summed E-state index contributed by atoms with van der Waals surface area (Å²) < 4.78 is 49.3. The van der Waals surface area contributed by atoms with E-state index in [4.69, 9.17) is 0 Å². The predicted octanol–water partition coefficient (Wildman–Crippen LogP) is 3.78. The minimum absolute atomic E-state index is 0.509. The Hall–Kier alpha value is -0.580. The van der Waals surface area contributed by atoms with Crippen molar-refractivity contribution >= 4 is 15.9 Å². The van der Waals surface area contributed by atoms with E-state index in [1.807, 2.05) is 0 Å². The Labute approximate surface area is 87.1 Å². The van der Waals surface area contributed by atoms with Crippen molar-refractivity contribution in [2.75, 3.05) is 5.33 Å². The van der Waals surface area contributed by atoms with Crippen LogP contribution in [0.25, 0.3) is 0 Å². The van der Waals surface area contributed by atoms with Gasteiger partial charge in [0.2, 0.25) is 0 Å². The summed E-state index contributed by atoms with van der Waals surface area (Å²) in [5, 5.41) is 0.595. The molecule has 1 aromatic carbocycles. The second kappa shape index (κ2) is 4.29. The van der Waals surface area contributed by atoms with Crippen LogP contribution < -0.4 is 0 Å². The molecule has 0 nitrogen and oxygen atoms in total. The molecule has 0 aliphatic rings. The van der Waals surface area contributed by atoms with E-state index in [1.54, 1.807) is 0 Å². The van der Waals surface area contributed by atoms with Gasteiger partial charge in [-0.2, -0.15) is 13.2 Å². The standard InChI is InChI=1S/C9H7BrF4/c10-4-3-6-1-2-7(8(11)5-6)9(12,13)14/h1-2,5H,3-4H2. The zero-order valence-electron chi connectivity index (χ0n) is 7.04. The lowest BCUT2D eigenvalue weighted by atomic mass is 10.1. The van der Waals surface area contributed by atoms with E-state index in [1.165, 1.54) is 6.07 Å². The minimum atomic E-state index is -4.61. The zero-order chi connectivity index (χ0) is 10.8. The summed E-state index contributed by atoms with van der Waals surface area (Å²) in [6.45, 7) is 0. The van der Waals surface area contributed by atoms with Gasteiger partial charge in [-0.1, -0.05) is 22.0 Å². The minimum Gasteiger partial charge on any atom is -0.206 e. The Morgan fingerprint density at radius 2 is 1.86 bits per heavy atom. The number of hydrogen-bond acceptors (Lipinski definition) is 0. The molecule has 1 rings (SSSR count). The van der Waals surface area contributed by atoms with Crippen LogP contribution in [0.3, 0.4) is 0 Å². The summed E-state index contributed by atoms with van der Waals surface area (Å²) in [6.07, 6.45) is -4.11. The molecule has 0 heterocycles. The van der Waals surface area contributed by atoms with Gasteiger partial charge in [0, 0.05) is 5.33 Å². The van der Waals surface area contributed by atoms with Gasteiger partial charge in [-0.25, -0.2) is 4.39 Å². The second-order valence-corrected chi connectivity index (χ2v) is 3.54. The van der Waals surface area contributed by atoms with Crippen LogP contribution in [-0.2, 0) is 12.6 Å². The fraction of sp³-hybridized carbons (Fsp3) is 0.333. The summed E-state index contributed by atoms with van der Waals surface area (Å²) in [7, 11) is 0. The maximum Gasteiger partial charge on any atom is 0.419 e. The molecule has 0 spiro atoms. The molecule has 0 radical (unpaired) electrons. The summed E-state index contributed by atoms with van der Waals surface area (Å²) in [4.78, 5) is 0. The Balaban J connectivity index is 3.02. The van der Waals surface area contributed by atoms with Gasteiger partial charge in [0.15, 0.2) is 0 Å². The first-order valence-electron chi connectivity index (χ1n) is 3.86. The summed E-state index contributed by atoms with van der Waals surface area (Å²) >= 11 is 3.12. The van der Waals surface area contributed by atoms with Crippen LogP contribution in [0, 0.1) is 5.82 Å². The Kier molecular flexibility index (Phi) is 3.53. The molecule has 1 aromatic rings. The lowest BCUT2D eigenvalue weighted by molar-refractivity contribution is -0.140. The van der Waals surface area contributed by atoms with Gasteiger partial charge >= 0.3 is 6.18 Å². The molecule has 0 aromatic heterocycles. The molecule has 14 heavy (non-hydrogen) atoms. The SMILES string of the molecule is Fc1cc(CCBr)ccc1C(F)(F)F. The Morgan fingerprint density at radius 1 is 1.21 bits per heavy atom. The van der Waals surface area contributed by atoms with Gasteiger partial charge in [-0.3, -0.25) is 0 Å². The van der Waals surface area contributed by atoms with Gasteiger partial charge in [0.25, 0.3) is 0 Å². The number of alkyl halides is 4. The fourth-order valence-corrected chi connectivity index (χ4v) is 1.51. The van der Waals surface area contributed by atoms with Gasteiger partial charge in [0.05, 0.1) is 5.56 Å². The first-order valence-corrected chi connectivity index (χ1v) is 4.99. The van der Waals surface area contributed by atoms with E-state index in [0.29, 0.717) is 17.3 Å². The zero-order valence-corrected chi connectivity index (χ0v) is 8.62. The summed E-state index contributed by atoms with van der Waals surface area (Å²) in [5.41, 5.74) is -0.664. The molecular formula is C9H7BrF4. The molecule has 0 N–H and O–H groups in total. The Bertz CT molecular complexity index is 319. The third-order valence-corrected chi connectivity index (χ3v) is 2.12. The average Bonchev–Trinajstić information content (AvgIpc) is 2.02. The molecule has 0 saturated carbocycles. The van der Waals surface area contributed by atoms with E-state index in [0.717, 1.165) is 12.1 Å². The van der Waals surface area contributed by atoms with Crippen molar-refractivity contribution in [2.24, 2.45) is 0 Å². The van der Waals surface area contributed by atoms with Crippen molar-refractivity contribution in [1.82, 2.24) is 0 Å². The van der Waals surface area contributed by atoms with Crippen LogP contribution in [0.2, 0.25) is 0 Å². The smallest absolute Gasteiger partial charge is 0.206 e. The van der Waals surface area contributed by atoms with Gasteiger partial charge in [-0.15, -0.1) is 0 Å². The average molecular weight is 271 g/mol. The number of rotatable bonds is 2. The molecule has 0 aliphatic carbocycles. The van der Waals surface area contributed by atoms with Gasteiger partial charge < -0.3 is 0 Å². The van der Waals surface area contributed by atoms with Crippen molar-refractivity contribution in [3.8, 4) is 0 Å². The molecular weight excluding hydrogens is 264 g/mol. The van der Waals surface area contributed by atoms with Crippen LogP contribution in [0.4, 0.5) is 17.6 Å². The highest BCUT2D eigenvalue weighted by molar-refractivity contribution is 9.09. The van der Waals surface area contributed by atoms with Crippen molar-refractivity contribution in [3.63, 3.8) is 0 Å². The summed E-state index contributed by atoms with van der Waals surface area (Å²) in [6, 6.07) is 2.98. The first kappa shape index (κ1) is 11.5. The van der Waals surface area contributed by atoms with E-state index in [2.05, 4.69) is 15.9 Å². The van der Waals surface area contributed by atoms with E-state index in [-0.39, 0.29) is 0 Å². The number of halogens is 5. The third kappa shape index (κ3) is 2.70. The summed E-state index contributed by atoms with van der Waals surface area (Å²) in [5.74, 6) is -1.21. The van der Waals surface area contributed by atoms with Gasteiger partial charge in [-0.05, 0) is 24.1 Å². The quantitative estimate of drug-likeness (QED) is 0.567. The monoisotopic (exact) mass is 270 g/mol. The van der Waals surface area contributed by atoms with E-state index >= 15 is 0 Å². The van der Waals surface area contributed by atoms with Crippen LogP contribution in [0.1, 0.15) is 11.1 Å². The maximum absolute atomic E-state index is 12.9. The topological polar surface area (TPSA) is 0 Å². The largest absolute Gasteiger partial charge is 0.419 e. The highest BCUT2D eigenvalue weighted by Crippen LogP contribution is 2.31. The lowest BCUT2D eigenvalue weighted by Crippen LogP contribution is -2.08. The number of hydrogen-bond donors (Lipinski definition) is 0. The molecule has 0 amide bonds. The highest BCUT2D eigenvalue weighted by Gasteiger charge is 2.33. The first-order chi connectivity index (χ1) is 6.45. The number of aryl methyl sites for hydroxylation is 1. The van der Waals surface area contributed by atoms with Crippen molar-refractivity contribution in [3.05, 3.63) is 35.1 Å². The molecule has 0 unspecified atom stereocenters. The van der Waals surface area contributed by atoms with Gasteiger partial charge in [0.1, 0.15) is 5.82 Å². The van der Waals surface area contributed by atoms with E-state index in [9.17, 15) is 17.6 Å². The lowest BCUT2D eigenvalue weighted by Gasteiger charge is -2.08. The second-order valence-electron chi connectivity index (χ2n) is 2.75. The third-order valence-electron chi connectivity index (χ3n) is 1.72. The molecule has 78 valence electrons. The molecule has 0 atom stereocenters. The van der Waals surface area contributed by atoms with Crippen LogP contribution >= 0.6 is 15.9 Å². The normalized spacial score (nSPS) is 11.8. The molecule has 0 saturated heterocycles. The van der Waals surface area contributed by atoms with E-state index < -0.39 is 17.6 Å². The van der Waals surface area contributed by atoms with Crippen LogP contribution in [-0.4, -0.2) is 5.33 Å². The maximum atomic E-state index is 12.9. The molecule has 0 aliphatic heterocycles. The number of benzene rings is 1.